The molecule has 0 bridgehead atoms. The normalized spacial score (nSPS) is 24.4. The van der Waals surface area contributed by atoms with Gasteiger partial charge in [-0.05, 0) is 31.6 Å². The lowest BCUT2D eigenvalue weighted by Gasteiger charge is -2.06. The van der Waals surface area contributed by atoms with Crippen molar-refractivity contribution in [2.75, 3.05) is 6.67 Å². The summed E-state index contributed by atoms with van der Waals surface area (Å²) in [6.45, 7) is -0.0833. The molecule has 0 aliphatic heterocycles. The molecule has 2 fully saturated rings. The summed E-state index contributed by atoms with van der Waals surface area (Å²) in [6, 6.07) is 0. The molecule has 0 saturated heterocycles. The summed E-state index contributed by atoms with van der Waals surface area (Å²) in [6.07, 6.45) is 13.3. The number of hydrogen-bond donors (Lipinski definition) is 0. The fourth-order valence-corrected chi connectivity index (χ4v) is 2.75. The topological polar surface area (TPSA) is 0 Å². The van der Waals surface area contributed by atoms with Crippen LogP contribution in [0.1, 0.15) is 77.0 Å². The first-order chi connectivity index (χ1) is 8.33. The maximum absolute atomic E-state index is 12.4. The molecule has 2 aliphatic carbocycles. The van der Waals surface area contributed by atoms with Crippen LogP contribution in [0.3, 0.4) is 0 Å². The fourth-order valence-electron chi connectivity index (χ4n) is 2.75. The van der Waals surface area contributed by atoms with Gasteiger partial charge in [-0.3, -0.25) is 4.39 Å². The van der Waals surface area contributed by atoms with E-state index in [0.717, 1.165) is 38.5 Å². The van der Waals surface area contributed by atoms with Crippen LogP contribution in [0.5, 0.6) is 0 Å². The van der Waals surface area contributed by atoms with Crippen molar-refractivity contribution in [3.8, 4) is 0 Å². The van der Waals surface area contributed by atoms with Crippen molar-refractivity contribution in [2.45, 2.75) is 83.2 Å². The summed E-state index contributed by atoms with van der Waals surface area (Å²) < 4.78 is 24.5. The monoisotopic (exact) mass is 246 g/mol. The van der Waals surface area contributed by atoms with E-state index >= 15 is 0 Å². The first-order valence-corrected chi connectivity index (χ1v) is 7.53. The van der Waals surface area contributed by atoms with Crippen molar-refractivity contribution in [3.63, 3.8) is 0 Å². The van der Waals surface area contributed by atoms with Gasteiger partial charge in [0.1, 0.15) is 6.17 Å². The molecular formula is C15H28F2. The molecule has 2 heteroatoms. The molecule has 0 amide bonds. The predicted octanol–water partition coefficient (Wildman–Crippen LogP) is 5.61. The first kappa shape index (κ1) is 14.9. The van der Waals surface area contributed by atoms with Crippen LogP contribution in [-0.4, -0.2) is 12.8 Å². The molecule has 0 nitrogen and oxygen atoms in total. The van der Waals surface area contributed by atoms with Crippen molar-refractivity contribution in [2.24, 2.45) is 5.92 Å². The van der Waals surface area contributed by atoms with E-state index in [4.69, 9.17) is 0 Å². The molecule has 17 heavy (non-hydrogen) atoms. The van der Waals surface area contributed by atoms with Gasteiger partial charge in [0, 0.05) is 0 Å². The van der Waals surface area contributed by atoms with Gasteiger partial charge in [0.2, 0.25) is 0 Å². The maximum atomic E-state index is 12.4. The molecule has 2 rings (SSSR count). The Morgan fingerprint density at radius 3 is 1.47 bits per heavy atom. The molecule has 0 heterocycles. The summed E-state index contributed by atoms with van der Waals surface area (Å²) in [5, 5.41) is 0. The second-order valence-corrected chi connectivity index (χ2v) is 5.60. The maximum Gasteiger partial charge on any atom is 0.100 e. The zero-order chi connectivity index (χ0) is 12.3. The lowest BCUT2D eigenvalue weighted by Crippen LogP contribution is -1.99. The second-order valence-electron chi connectivity index (χ2n) is 5.60. The largest absolute Gasteiger partial charge is 0.251 e. The van der Waals surface area contributed by atoms with E-state index < -0.39 is 6.17 Å². The molecular weight excluding hydrogens is 218 g/mol. The summed E-state index contributed by atoms with van der Waals surface area (Å²) in [7, 11) is 0. The van der Waals surface area contributed by atoms with Crippen molar-refractivity contribution >= 4 is 0 Å². The zero-order valence-corrected chi connectivity index (χ0v) is 11.1. The highest BCUT2D eigenvalue weighted by Crippen LogP contribution is 2.22. The third-order valence-electron chi connectivity index (χ3n) is 3.98. The second kappa shape index (κ2) is 9.85. The third-order valence-corrected chi connectivity index (χ3v) is 3.98. The smallest absolute Gasteiger partial charge is 0.100 e. The number of alkyl halides is 2. The number of rotatable bonds is 1. The third kappa shape index (κ3) is 7.72. The molecule has 2 saturated carbocycles. The van der Waals surface area contributed by atoms with Crippen LogP contribution in [0, 0.1) is 5.92 Å². The molecule has 0 aromatic carbocycles. The van der Waals surface area contributed by atoms with Crippen LogP contribution in [0.25, 0.3) is 0 Å². The van der Waals surface area contributed by atoms with Gasteiger partial charge in [0.15, 0.2) is 0 Å². The molecule has 0 radical (unpaired) electrons. The van der Waals surface area contributed by atoms with Gasteiger partial charge < -0.3 is 0 Å². The van der Waals surface area contributed by atoms with E-state index in [1.54, 1.807) is 0 Å². The van der Waals surface area contributed by atoms with Crippen LogP contribution >= 0.6 is 0 Å². The Morgan fingerprint density at radius 1 is 0.647 bits per heavy atom. The minimum atomic E-state index is -0.475. The minimum absolute atomic E-state index is 0.0833. The van der Waals surface area contributed by atoms with Gasteiger partial charge in [-0.2, -0.15) is 0 Å². The summed E-state index contributed by atoms with van der Waals surface area (Å²) in [5.41, 5.74) is 0. The first-order valence-electron chi connectivity index (χ1n) is 7.53. The quantitative estimate of drug-likeness (QED) is 0.528. The van der Waals surface area contributed by atoms with Crippen molar-refractivity contribution in [1.29, 1.82) is 0 Å². The van der Waals surface area contributed by atoms with Crippen molar-refractivity contribution in [1.82, 2.24) is 0 Å². The Balaban J connectivity index is 0.000000171. The lowest BCUT2D eigenvalue weighted by atomic mass is 10.0. The molecule has 0 spiro atoms. The van der Waals surface area contributed by atoms with Gasteiger partial charge in [-0.15, -0.1) is 0 Å². The van der Waals surface area contributed by atoms with Gasteiger partial charge in [0.25, 0.3) is 0 Å². The average Bonchev–Trinajstić information content (AvgIpc) is 2.73. The number of halogens is 2. The molecule has 0 aromatic heterocycles. The highest BCUT2D eigenvalue weighted by molar-refractivity contribution is 4.62. The van der Waals surface area contributed by atoms with Crippen LogP contribution in [-0.2, 0) is 0 Å². The standard InChI is InChI=1S/C8H15F.C7H13F/c9-7-8-5-3-1-2-4-6-8;8-7-5-3-1-2-4-6-7/h8H,1-7H2;7H,1-6H2. The molecule has 0 N–H and O–H groups in total. The fraction of sp³-hybridized carbons (Fsp3) is 1.00. The van der Waals surface area contributed by atoms with Crippen LogP contribution in [0.2, 0.25) is 0 Å². The Hall–Kier alpha value is -0.140. The van der Waals surface area contributed by atoms with Crippen molar-refractivity contribution < 1.29 is 8.78 Å². The Kier molecular flexibility index (Phi) is 8.64. The van der Waals surface area contributed by atoms with E-state index in [1.807, 2.05) is 0 Å². The number of hydrogen-bond acceptors (Lipinski definition) is 0. The van der Waals surface area contributed by atoms with E-state index in [-0.39, 0.29) is 6.67 Å². The Bertz CT molecular complexity index is 154. The molecule has 0 unspecified atom stereocenters. The lowest BCUT2D eigenvalue weighted by molar-refractivity contribution is 0.301. The van der Waals surface area contributed by atoms with Gasteiger partial charge in [0.05, 0.1) is 6.67 Å². The predicted molar refractivity (Wildman–Crippen MR) is 69.8 cm³/mol. The van der Waals surface area contributed by atoms with Gasteiger partial charge >= 0.3 is 0 Å². The molecule has 0 atom stereocenters. The average molecular weight is 246 g/mol. The van der Waals surface area contributed by atoms with E-state index in [9.17, 15) is 8.78 Å². The molecule has 0 aromatic rings. The van der Waals surface area contributed by atoms with Crippen LogP contribution in [0.15, 0.2) is 0 Å². The summed E-state index contributed by atoms with van der Waals surface area (Å²) in [4.78, 5) is 0. The molecule has 102 valence electrons. The van der Waals surface area contributed by atoms with Gasteiger partial charge in [-0.25, -0.2) is 4.39 Å². The zero-order valence-electron chi connectivity index (χ0n) is 11.1. The SMILES string of the molecule is FC1CCCCCC1.FCC1CCCCCC1. The summed E-state index contributed by atoms with van der Waals surface area (Å²) in [5.74, 6) is 0.410. The van der Waals surface area contributed by atoms with Crippen LogP contribution in [0.4, 0.5) is 8.78 Å². The van der Waals surface area contributed by atoms with Crippen LogP contribution < -0.4 is 0 Å². The highest BCUT2D eigenvalue weighted by atomic mass is 19.1. The van der Waals surface area contributed by atoms with Gasteiger partial charge in [-0.1, -0.05) is 51.4 Å². The van der Waals surface area contributed by atoms with E-state index in [2.05, 4.69) is 0 Å². The Labute approximate surface area is 105 Å². The van der Waals surface area contributed by atoms with E-state index in [1.165, 1.54) is 38.5 Å². The van der Waals surface area contributed by atoms with Crippen molar-refractivity contribution in [3.05, 3.63) is 0 Å². The minimum Gasteiger partial charge on any atom is -0.251 e. The molecule has 2 aliphatic rings. The van der Waals surface area contributed by atoms with E-state index in [0.29, 0.717) is 5.92 Å². The summed E-state index contributed by atoms with van der Waals surface area (Å²) >= 11 is 0. The Morgan fingerprint density at radius 2 is 1.06 bits per heavy atom. The highest BCUT2D eigenvalue weighted by Gasteiger charge is 2.10.